The number of nitrogens with zero attached hydrogens (tertiary/aromatic N) is 2. The molecule has 0 unspecified atom stereocenters. The number of carbonyl (C=O) groups excluding carboxylic acids is 1. The van der Waals surface area contributed by atoms with Crippen molar-refractivity contribution >= 4 is 38.9 Å². The van der Waals surface area contributed by atoms with Crippen LogP contribution in [0.4, 0.5) is 14.6 Å². The molecule has 2 heterocycles. The van der Waals surface area contributed by atoms with E-state index in [1.165, 1.54) is 37.7 Å². The lowest BCUT2D eigenvalue weighted by molar-refractivity contribution is -0.105. The number of fused-ring (bicyclic) bond motifs is 1. The Balaban J connectivity index is 0.000000432. The highest BCUT2D eigenvalue weighted by molar-refractivity contribution is 9.10. The zero-order valence-corrected chi connectivity index (χ0v) is 12.0. The van der Waals surface area contributed by atoms with Crippen molar-refractivity contribution in [1.82, 2.24) is 9.97 Å². The quantitative estimate of drug-likeness (QED) is 0.854. The van der Waals surface area contributed by atoms with Crippen LogP contribution < -0.4 is 5.32 Å². The summed E-state index contributed by atoms with van der Waals surface area (Å²) in [5.74, 6) is 0.291. The number of hydrogen-bond acceptors (Lipinski definition) is 3. The number of aromatic nitrogens is 2. The highest BCUT2D eigenvalue weighted by Crippen LogP contribution is 2.31. The zero-order valence-electron chi connectivity index (χ0n) is 10.4. The molecule has 1 N–H and O–H groups in total. The van der Waals surface area contributed by atoms with Gasteiger partial charge in [-0.1, -0.05) is 19.3 Å². The van der Waals surface area contributed by atoms with Crippen LogP contribution in [0.5, 0.6) is 0 Å². The summed E-state index contributed by atoms with van der Waals surface area (Å²) in [7, 11) is 0. The summed E-state index contributed by atoms with van der Waals surface area (Å²) >= 11 is 3.21. The van der Waals surface area contributed by atoms with Crippen molar-refractivity contribution in [1.29, 1.82) is 0 Å². The Kier molecular flexibility index (Phi) is 4.94. The smallest absolute Gasteiger partial charge is 0.281 e. The van der Waals surface area contributed by atoms with Gasteiger partial charge in [-0.3, -0.25) is 9.78 Å². The number of alkyl halides is 2. The normalized spacial score (nSPS) is 12.8. The molecule has 2 aromatic heterocycles. The molecule has 7 heteroatoms. The Bertz CT molecular complexity index is 617. The molecule has 0 saturated heterocycles. The van der Waals surface area contributed by atoms with E-state index in [1.807, 2.05) is 0 Å². The molecule has 1 aliphatic rings. The summed E-state index contributed by atoms with van der Waals surface area (Å²) in [5.41, 5.74) is -0.326. The second kappa shape index (κ2) is 6.69. The SMILES string of the molecule is C1CC1.O=CNc1cc2c(Br)cnc(C(F)F)c2cn1. The Hall–Kier alpha value is -1.63. The molecule has 0 spiro atoms. The standard InChI is InChI=1S/C10H6BrF2N3O.C3H6/c11-7-3-15-9(10(12)13)6-2-14-8(16-4-17)1-5(6)7;1-2-3-1/h1-4,10H,(H,14,16,17);1-3H2. The molecule has 0 aliphatic heterocycles. The zero-order chi connectivity index (χ0) is 14.5. The summed E-state index contributed by atoms with van der Waals surface area (Å²) < 4.78 is 26.0. The number of carbonyl (C=O) groups is 1. The first kappa shape index (κ1) is 14.8. The lowest BCUT2D eigenvalue weighted by Gasteiger charge is -2.07. The fourth-order valence-corrected chi connectivity index (χ4v) is 1.87. The van der Waals surface area contributed by atoms with Crippen molar-refractivity contribution in [3.05, 3.63) is 28.6 Å². The maximum atomic E-state index is 12.7. The van der Waals surface area contributed by atoms with E-state index in [4.69, 9.17) is 0 Å². The van der Waals surface area contributed by atoms with E-state index < -0.39 is 6.43 Å². The van der Waals surface area contributed by atoms with E-state index in [2.05, 4.69) is 31.2 Å². The molecule has 2 aromatic rings. The van der Waals surface area contributed by atoms with E-state index in [0.29, 0.717) is 22.1 Å². The van der Waals surface area contributed by atoms with Crippen molar-refractivity contribution in [2.75, 3.05) is 5.32 Å². The average molecular weight is 344 g/mol. The lowest BCUT2D eigenvalue weighted by Crippen LogP contribution is -1.98. The average Bonchev–Trinajstić information content (AvgIpc) is 3.28. The minimum Gasteiger partial charge on any atom is -0.313 e. The Morgan fingerprint density at radius 2 is 1.90 bits per heavy atom. The molecule has 0 bridgehead atoms. The number of halogens is 3. The first-order chi connectivity index (χ1) is 9.63. The second-order valence-corrected chi connectivity index (χ2v) is 5.08. The molecule has 0 radical (unpaired) electrons. The van der Waals surface area contributed by atoms with Gasteiger partial charge in [0.25, 0.3) is 6.43 Å². The topological polar surface area (TPSA) is 54.9 Å². The molecule has 1 amide bonds. The van der Waals surface area contributed by atoms with Gasteiger partial charge in [-0.15, -0.1) is 0 Å². The lowest BCUT2D eigenvalue weighted by atomic mass is 10.1. The molecule has 0 atom stereocenters. The largest absolute Gasteiger partial charge is 0.313 e. The monoisotopic (exact) mass is 343 g/mol. The van der Waals surface area contributed by atoms with Gasteiger partial charge in [0, 0.05) is 27.6 Å². The number of amides is 1. The van der Waals surface area contributed by atoms with Crippen molar-refractivity contribution in [3.8, 4) is 0 Å². The minimum absolute atomic E-state index is 0.255. The van der Waals surface area contributed by atoms with Crippen LogP contribution in [0.15, 0.2) is 22.9 Å². The molecular weight excluding hydrogens is 332 g/mol. The van der Waals surface area contributed by atoms with Gasteiger partial charge in [0.05, 0.1) is 0 Å². The highest BCUT2D eigenvalue weighted by atomic mass is 79.9. The molecule has 106 valence electrons. The summed E-state index contributed by atoms with van der Waals surface area (Å²) in [6.07, 6.45) is 4.86. The maximum absolute atomic E-state index is 12.7. The summed E-state index contributed by atoms with van der Waals surface area (Å²) in [5, 5.41) is 3.13. The van der Waals surface area contributed by atoms with Gasteiger partial charge < -0.3 is 5.32 Å². The molecular formula is C13H12BrF2N3O. The predicted octanol–water partition coefficient (Wildman–Crippen LogP) is 4.07. The summed E-state index contributed by atoms with van der Waals surface area (Å²) in [6, 6.07) is 1.50. The van der Waals surface area contributed by atoms with Gasteiger partial charge in [-0.25, -0.2) is 13.8 Å². The van der Waals surface area contributed by atoms with E-state index >= 15 is 0 Å². The van der Waals surface area contributed by atoms with E-state index in [9.17, 15) is 13.6 Å². The van der Waals surface area contributed by atoms with Gasteiger partial charge in [-0.2, -0.15) is 0 Å². The Morgan fingerprint density at radius 3 is 2.45 bits per heavy atom. The first-order valence-electron chi connectivity index (χ1n) is 6.06. The number of nitrogens with one attached hydrogen (secondary N) is 1. The minimum atomic E-state index is -2.67. The van der Waals surface area contributed by atoms with Gasteiger partial charge in [0.1, 0.15) is 11.5 Å². The van der Waals surface area contributed by atoms with E-state index in [-0.39, 0.29) is 11.1 Å². The predicted molar refractivity (Wildman–Crippen MR) is 75.7 cm³/mol. The number of rotatable bonds is 3. The van der Waals surface area contributed by atoms with Gasteiger partial charge in [0.15, 0.2) is 0 Å². The van der Waals surface area contributed by atoms with Gasteiger partial charge in [0.2, 0.25) is 6.41 Å². The van der Waals surface area contributed by atoms with Crippen LogP contribution in [0.2, 0.25) is 0 Å². The number of hydrogen-bond donors (Lipinski definition) is 1. The van der Waals surface area contributed by atoms with Gasteiger partial charge >= 0.3 is 0 Å². The van der Waals surface area contributed by atoms with Crippen molar-refractivity contribution in [2.24, 2.45) is 0 Å². The van der Waals surface area contributed by atoms with Crippen LogP contribution in [-0.2, 0) is 4.79 Å². The first-order valence-corrected chi connectivity index (χ1v) is 6.85. The van der Waals surface area contributed by atoms with Gasteiger partial charge in [-0.05, 0) is 22.0 Å². The third-order valence-corrected chi connectivity index (χ3v) is 3.15. The van der Waals surface area contributed by atoms with Crippen LogP contribution in [0.1, 0.15) is 31.4 Å². The highest BCUT2D eigenvalue weighted by Gasteiger charge is 2.15. The maximum Gasteiger partial charge on any atom is 0.281 e. The van der Waals surface area contributed by atoms with Crippen molar-refractivity contribution < 1.29 is 13.6 Å². The summed E-state index contributed by atoms with van der Waals surface area (Å²) in [4.78, 5) is 17.8. The molecule has 20 heavy (non-hydrogen) atoms. The van der Waals surface area contributed by atoms with Crippen LogP contribution in [-0.4, -0.2) is 16.4 Å². The molecule has 1 fully saturated rings. The Labute approximate surface area is 122 Å². The molecule has 1 saturated carbocycles. The van der Waals surface area contributed by atoms with Crippen LogP contribution >= 0.6 is 15.9 Å². The molecule has 4 nitrogen and oxygen atoms in total. The van der Waals surface area contributed by atoms with E-state index in [0.717, 1.165) is 0 Å². The fraction of sp³-hybridized carbons (Fsp3) is 0.308. The summed E-state index contributed by atoms with van der Waals surface area (Å²) in [6.45, 7) is 0. The van der Waals surface area contributed by atoms with Crippen LogP contribution in [0.3, 0.4) is 0 Å². The third kappa shape index (κ3) is 3.69. The Morgan fingerprint density at radius 1 is 1.20 bits per heavy atom. The fourth-order valence-electron chi connectivity index (χ4n) is 1.44. The number of pyridine rings is 2. The van der Waals surface area contributed by atoms with Crippen LogP contribution in [0, 0.1) is 0 Å². The van der Waals surface area contributed by atoms with Crippen molar-refractivity contribution in [3.63, 3.8) is 0 Å². The molecule has 3 rings (SSSR count). The van der Waals surface area contributed by atoms with Crippen LogP contribution in [0.25, 0.3) is 10.8 Å². The van der Waals surface area contributed by atoms with E-state index in [1.54, 1.807) is 0 Å². The molecule has 0 aromatic carbocycles. The second-order valence-electron chi connectivity index (χ2n) is 4.23. The third-order valence-electron chi connectivity index (χ3n) is 2.52. The number of anilines is 1. The van der Waals surface area contributed by atoms with Crippen molar-refractivity contribution in [2.45, 2.75) is 25.7 Å². The molecule has 1 aliphatic carbocycles.